The maximum absolute atomic E-state index is 9.15. The van der Waals surface area contributed by atoms with Crippen LogP contribution in [0.25, 0.3) is 113 Å². The standard InChI is InChI=1S/C25H21ClN4O.2C21H17ClN4.C21H16ClN4.C13H9ClN4.W/c26-21-11-9-20(10-12-21)24-25(22-13-15-27-18-28-22)30(23(29-24)8-4-5-17-31)16-14-19-6-2-1-3-7-19;22-18-8-6-17(7-9-18)21-20(19-10-12-23-14-24-19)25-15-26(21)13-11-16-4-2-1-3-5-16;2*22-18-8-6-17(7-9-18)20-21(19-10-12-23-14-24-19)26(15-25-20)13-11-16-4-2-1-3-5-16;14-10-3-1-9(2-4-10)12-13(18-8-17-12)11-5-6-15-7-16-11;/h1-3,6-7,9-13,15,18,31H,5,14,16-17H2;2*1-10,12,14-15H,11,13H2;1-10,12,14H,11,13H2;1-8H,(H,17,18);/q;;;-1;;. The molecule has 0 amide bonds. The van der Waals surface area contributed by atoms with Crippen molar-refractivity contribution >= 4 is 58.0 Å². The van der Waals surface area contributed by atoms with E-state index >= 15 is 0 Å². The summed E-state index contributed by atoms with van der Waals surface area (Å²) in [6, 6.07) is 89.3. The summed E-state index contributed by atoms with van der Waals surface area (Å²) in [7, 11) is 0. The third-order valence-electron chi connectivity index (χ3n) is 20.1. The van der Waals surface area contributed by atoms with Crippen LogP contribution in [0.3, 0.4) is 0 Å². The minimum Gasteiger partial charge on any atom is -0.445 e. The molecule has 0 atom stereocenters. The summed E-state index contributed by atoms with van der Waals surface area (Å²) in [5, 5.41) is 12.6. The van der Waals surface area contributed by atoms with E-state index in [2.05, 4.69) is 192 Å². The van der Waals surface area contributed by atoms with Gasteiger partial charge < -0.3 is 33.3 Å². The van der Waals surface area contributed by atoms with Crippen molar-refractivity contribution in [3.05, 3.63) is 414 Å². The van der Waals surface area contributed by atoms with Crippen LogP contribution in [0.4, 0.5) is 0 Å². The molecule has 0 saturated heterocycles. The molecular formula is C101H80Cl5N20OW-. The second-order valence-electron chi connectivity index (χ2n) is 28.5. The molecule has 19 aromatic rings. The van der Waals surface area contributed by atoms with Gasteiger partial charge >= 0.3 is 0 Å². The first-order valence-corrected chi connectivity index (χ1v) is 42.5. The smallest absolute Gasteiger partial charge is 0.186 e. The van der Waals surface area contributed by atoms with E-state index in [1.807, 2.05) is 205 Å². The molecule has 0 spiro atoms. The zero-order valence-electron chi connectivity index (χ0n) is 68.8. The minimum atomic E-state index is 0. The molecule has 9 aromatic carbocycles. The van der Waals surface area contributed by atoms with Crippen LogP contribution in [0, 0.1) is 18.2 Å². The Hall–Kier alpha value is -13.9. The second kappa shape index (κ2) is 46.3. The molecule has 0 saturated carbocycles. The van der Waals surface area contributed by atoms with Crippen LogP contribution in [0.15, 0.2) is 355 Å². The normalized spacial score (nSPS) is 10.6. The zero-order valence-corrected chi connectivity index (χ0v) is 75.5. The predicted octanol–water partition coefficient (Wildman–Crippen LogP) is 22.3. The molecule has 0 fully saturated rings. The average molecular weight is 1950 g/mol. The summed E-state index contributed by atoms with van der Waals surface area (Å²) in [6.45, 7) is 3.13. The summed E-state index contributed by atoms with van der Waals surface area (Å²) in [6.07, 6.45) is 28.9. The van der Waals surface area contributed by atoms with Crippen LogP contribution >= 0.6 is 58.0 Å². The number of hydrogen-bond acceptors (Lipinski definition) is 16. The number of benzene rings is 9. The number of hydrogen-bond donors (Lipinski definition) is 2. The monoisotopic (exact) mass is 1950 g/mol. The Morgan fingerprint density at radius 3 is 1.13 bits per heavy atom. The molecule has 21 nitrogen and oxygen atoms in total. The van der Waals surface area contributed by atoms with Crippen LogP contribution < -0.4 is 0 Å². The number of halogens is 5. The fourth-order valence-corrected chi connectivity index (χ4v) is 14.6. The Labute approximate surface area is 780 Å². The van der Waals surface area contributed by atoms with Gasteiger partial charge in [0.05, 0.1) is 88.2 Å². The quantitative estimate of drug-likeness (QED) is 0.0446. The average Bonchev–Trinajstić information content (AvgIpc) is 1.62. The Balaban J connectivity index is 0.000000130. The number of imidazole rings is 5. The second-order valence-corrected chi connectivity index (χ2v) is 30.6. The van der Waals surface area contributed by atoms with Gasteiger partial charge in [0.2, 0.25) is 0 Å². The van der Waals surface area contributed by atoms with E-state index in [-0.39, 0.29) is 27.7 Å². The molecule has 10 aromatic heterocycles. The first-order valence-electron chi connectivity index (χ1n) is 40.6. The van der Waals surface area contributed by atoms with E-state index in [4.69, 9.17) is 68.1 Å². The molecule has 10 heterocycles. The summed E-state index contributed by atoms with van der Waals surface area (Å²) >= 11 is 30.1. The molecule has 0 unspecified atom stereocenters. The number of aliphatic hydroxyl groups excluding tert-OH is 1. The summed E-state index contributed by atoms with van der Waals surface area (Å²) < 4.78 is 8.45. The number of aryl methyl sites for hydroxylation is 7. The number of nitrogens with one attached hydrogen (secondary N) is 1. The molecule has 2 N–H and O–H groups in total. The van der Waals surface area contributed by atoms with Crippen LogP contribution in [0.1, 0.15) is 34.5 Å². The number of nitrogens with zero attached hydrogens (tertiary/aromatic N) is 19. The van der Waals surface area contributed by atoms with Crippen LogP contribution in [0.2, 0.25) is 25.1 Å². The first-order chi connectivity index (χ1) is 62.5. The Morgan fingerprint density at radius 2 is 0.695 bits per heavy atom. The van der Waals surface area contributed by atoms with Crippen LogP contribution in [-0.2, 0) is 72.9 Å². The van der Waals surface area contributed by atoms with Gasteiger partial charge in [-0.2, -0.15) is 0 Å². The van der Waals surface area contributed by atoms with Crippen molar-refractivity contribution in [1.29, 1.82) is 0 Å². The first kappa shape index (κ1) is 90.3. The Bertz CT molecular complexity index is 6500. The van der Waals surface area contributed by atoms with Gasteiger partial charge in [-0.15, -0.1) is 0 Å². The van der Waals surface area contributed by atoms with Gasteiger partial charge in [0.1, 0.15) is 37.3 Å². The number of rotatable bonds is 23. The molecule has 0 aliphatic rings. The van der Waals surface area contributed by atoms with Gasteiger partial charge in [0.25, 0.3) is 0 Å². The SMILES string of the molecule is Clc1ccc(-c2c(-c3ccncn3)ncn2CCc2ccccc2)cc1.Clc1ccc(-c2n[c-]n(CCc3ccccc3)c2-c2ccncn2)cc1.Clc1ccc(-c2nc[nH]c2-c2ccncn2)cc1.Clc1ccc(-c2ncn(CCc3ccccc3)c2-c2ccncn2)cc1.OCCC#Cc1nc(-c2ccc(Cl)cc2)c(-c2ccncn2)n1CCc1ccccc1.[W]. The zero-order chi connectivity index (χ0) is 87.1. The number of aromatic nitrogens is 20. The number of aromatic amines is 1. The Morgan fingerprint density at radius 1 is 0.328 bits per heavy atom. The van der Waals surface area contributed by atoms with Crippen LogP contribution in [-0.4, -0.2) is 110 Å². The Kier molecular flexibility index (Phi) is 32.7. The molecule has 0 radical (unpaired) electrons. The van der Waals surface area contributed by atoms with Crippen molar-refractivity contribution in [3.8, 4) is 125 Å². The fraction of sp³-hybridized carbons (Fsp3) is 0.0990. The summed E-state index contributed by atoms with van der Waals surface area (Å²) in [5.74, 6) is 6.78. The van der Waals surface area contributed by atoms with Gasteiger partial charge in [-0.3, -0.25) is 0 Å². The van der Waals surface area contributed by atoms with E-state index in [1.54, 1.807) is 56.3 Å². The molecule has 0 aliphatic carbocycles. The number of H-pyrrole nitrogens is 1. The molecule has 27 heteroatoms. The van der Waals surface area contributed by atoms with Gasteiger partial charge in [-0.25, -0.2) is 69.8 Å². The predicted molar refractivity (Wildman–Crippen MR) is 503 cm³/mol. The number of aliphatic hydroxyl groups is 1. The molecule has 19 rings (SSSR count). The largest absolute Gasteiger partial charge is 0.445 e. The van der Waals surface area contributed by atoms with Gasteiger partial charge in [0, 0.05) is 144 Å². The third-order valence-corrected chi connectivity index (χ3v) is 21.4. The third kappa shape index (κ3) is 24.4. The van der Waals surface area contributed by atoms with E-state index < -0.39 is 0 Å². The van der Waals surface area contributed by atoms with Gasteiger partial charge in [-0.1, -0.05) is 263 Å². The van der Waals surface area contributed by atoms with E-state index in [0.29, 0.717) is 43.9 Å². The fourth-order valence-electron chi connectivity index (χ4n) is 13.9. The molecular weight excluding hydrogens is 1870 g/mol. The molecule has 632 valence electrons. The maximum atomic E-state index is 9.15. The van der Waals surface area contributed by atoms with Crippen molar-refractivity contribution in [2.75, 3.05) is 6.61 Å². The van der Waals surface area contributed by atoms with Crippen molar-refractivity contribution in [3.63, 3.8) is 0 Å². The van der Waals surface area contributed by atoms with E-state index in [9.17, 15) is 0 Å². The van der Waals surface area contributed by atoms with E-state index in [0.717, 1.165) is 159 Å². The van der Waals surface area contributed by atoms with E-state index in [1.165, 1.54) is 34.9 Å². The molecule has 0 bridgehead atoms. The van der Waals surface area contributed by atoms with Crippen molar-refractivity contribution in [1.82, 2.24) is 98.0 Å². The van der Waals surface area contributed by atoms with Crippen molar-refractivity contribution < 1.29 is 26.2 Å². The topological polar surface area (TPSA) is 249 Å². The summed E-state index contributed by atoms with van der Waals surface area (Å²) in [4.78, 5) is 68.1. The molecule has 0 aliphatic heterocycles. The maximum Gasteiger partial charge on any atom is 0.186 e. The molecule has 128 heavy (non-hydrogen) atoms. The van der Waals surface area contributed by atoms with Crippen LogP contribution in [0.5, 0.6) is 0 Å². The van der Waals surface area contributed by atoms with Crippen molar-refractivity contribution in [2.45, 2.75) is 58.3 Å². The minimum absolute atomic E-state index is 0. The van der Waals surface area contributed by atoms with Gasteiger partial charge in [0.15, 0.2) is 5.82 Å². The summed E-state index contributed by atoms with van der Waals surface area (Å²) in [5.41, 5.74) is 23.1. The van der Waals surface area contributed by atoms with Crippen molar-refractivity contribution in [2.24, 2.45) is 0 Å². The van der Waals surface area contributed by atoms with Gasteiger partial charge in [-0.05, 0) is 145 Å².